The third-order valence-electron chi connectivity index (χ3n) is 2.69. The van der Waals surface area contributed by atoms with Crippen molar-refractivity contribution in [3.8, 4) is 5.75 Å². The van der Waals surface area contributed by atoms with Crippen LogP contribution in [0.25, 0.3) is 0 Å². The van der Waals surface area contributed by atoms with E-state index in [4.69, 9.17) is 14.6 Å². The number of aliphatic hydroxyl groups excluding tert-OH is 1. The highest BCUT2D eigenvalue weighted by Gasteiger charge is 1.96. The Morgan fingerprint density at radius 1 is 0.842 bits per heavy atom. The van der Waals surface area contributed by atoms with Crippen molar-refractivity contribution in [2.45, 2.75) is 13.2 Å². The summed E-state index contributed by atoms with van der Waals surface area (Å²) in [7, 11) is 0. The monoisotopic (exact) mass is 258 g/mol. The minimum absolute atomic E-state index is 0.0295. The van der Waals surface area contributed by atoms with Crippen LogP contribution in [0.1, 0.15) is 11.1 Å². The van der Waals surface area contributed by atoms with Crippen molar-refractivity contribution in [2.24, 2.45) is 0 Å². The maximum absolute atomic E-state index is 9.02. The van der Waals surface area contributed by atoms with Gasteiger partial charge in [0.2, 0.25) is 0 Å². The Hall–Kier alpha value is -1.84. The second-order valence-electron chi connectivity index (χ2n) is 4.19. The Bertz CT molecular complexity index is 482. The molecule has 0 aliphatic heterocycles. The minimum Gasteiger partial charge on any atom is -0.491 e. The van der Waals surface area contributed by atoms with E-state index in [1.54, 1.807) is 0 Å². The molecule has 2 rings (SSSR count). The minimum atomic E-state index is 0.0295. The van der Waals surface area contributed by atoms with Gasteiger partial charge < -0.3 is 14.6 Å². The van der Waals surface area contributed by atoms with Crippen molar-refractivity contribution in [3.63, 3.8) is 0 Å². The summed E-state index contributed by atoms with van der Waals surface area (Å²) >= 11 is 0. The molecule has 0 heterocycles. The molecule has 0 atom stereocenters. The van der Waals surface area contributed by atoms with Crippen LogP contribution in [0.15, 0.2) is 54.6 Å². The third-order valence-corrected chi connectivity index (χ3v) is 2.69. The Morgan fingerprint density at radius 3 is 2.42 bits per heavy atom. The molecule has 0 radical (unpaired) electrons. The standard InChI is InChI=1S/C16H18O3/c17-12-15-7-4-8-16(11-15)19-10-9-18-13-14-5-2-1-3-6-14/h1-8,11,17H,9-10,12-13H2. The number of aliphatic hydroxyl groups is 1. The van der Waals surface area contributed by atoms with E-state index in [-0.39, 0.29) is 6.61 Å². The lowest BCUT2D eigenvalue weighted by molar-refractivity contribution is 0.0888. The van der Waals surface area contributed by atoms with Crippen LogP contribution < -0.4 is 4.74 Å². The largest absolute Gasteiger partial charge is 0.491 e. The van der Waals surface area contributed by atoms with E-state index >= 15 is 0 Å². The number of hydrogen-bond donors (Lipinski definition) is 1. The van der Waals surface area contributed by atoms with Crippen molar-refractivity contribution < 1.29 is 14.6 Å². The van der Waals surface area contributed by atoms with Crippen molar-refractivity contribution in [2.75, 3.05) is 13.2 Å². The predicted molar refractivity (Wildman–Crippen MR) is 74.0 cm³/mol. The predicted octanol–water partition coefficient (Wildman–Crippen LogP) is 2.77. The zero-order valence-electron chi connectivity index (χ0n) is 10.8. The molecule has 1 N–H and O–H groups in total. The van der Waals surface area contributed by atoms with Gasteiger partial charge in [-0.2, -0.15) is 0 Å². The summed E-state index contributed by atoms with van der Waals surface area (Å²) in [4.78, 5) is 0. The molecule has 100 valence electrons. The molecule has 0 spiro atoms. The Labute approximate surface area is 113 Å². The molecule has 3 heteroatoms. The molecule has 3 nitrogen and oxygen atoms in total. The topological polar surface area (TPSA) is 38.7 Å². The van der Waals surface area contributed by atoms with Crippen LogP contribution in [0.4, 0.5) is 0 Å². The highest BCUT2D eigenvalue weighted by atomic mass is 16.5. The van der Waals surface area contributed by atoms with Crippen LogP contribution in [-0.2, 0) is 18.0 Å². The van der Waals surface area contributed by atoms with E-state index in [1.807, 2.05) is 54.6 Å². The number of ether oxygens (including phenoxy) is 2. The van der Waals surface area contributed by atoms with Gasteiger partial charge in [-0.1, -0.05) is 42.5 Å². The maximum Gasteiger partial charge on any atom is 0.119 e. The second kappa shape index (κ2) is 7.56. The lowest BCUT2D eigenvalue weighted by Crippen LogP contribution is -2.06. The van der Waals surface area contributed by atoms with E-state index in [9.17, 15) is 0 Å². The van der Waals surface area contributed by atoms with Crippen molar-refractivity contribution in [1.82, 2.24) is 0 Å². The van der Waals surface area contributed by atoms with Crippen LogP contribution >= 0.6 is 0 Å². The average molecular weight is 258 g/mol. The summed E-state index contributed by atoms with van der Waals surface area (Å²) in [6.07, 6.45) is 0. The first-order chi connectivity index (χ1) is 9.38. The van der Waals surface area contributed by atoms with Crippen LogP contribution in [0, 0.1) is 0 Å². The first kappa shape index (κ1) is 13.6. The molecule has 2 aromatic rings. The molecule has 0 amide bonds. The molecule has 0 unspecified atom stereocenters. The highest BCUT2D eigenvalue weighted by molar-refractivity contribution is 5.27. The molecule has 19 heavy (non-hydrogen) atoms. The zero-order valence-corrected chi connectivity index (χ0v) is 10.8. The lowest BCUT2D eigenvalue weighted by Gasteiger charge is -2.08. The summed E-state index contributed by atoms with van der Waals surface area (Å²) in [6.45, 7) is 1.67. The Kier molecular flexibility index (Phi) is 5.41. The Morgan fingerprint density at radius 2 is 1.63 bits per heavy atom. The summed E-state index contributed by atoms with van der Waals surface area (Å²) in [5.41, 5.74) is 2.01. The van der Waals surface area contributed by atoms with Crippen LogP contribution in [0.2, 0.25) is 0 Å². The molecular formula is C16H18O3. The smallest absolute Gasteiger partial charge is 0.119 e. The van der Waals surface area contributed by atoms with Gasteiger partial charge in [0.05, 0.1) is 19.8 Å². The van der Waals surface area contributed by atoms with Gasteiger partial charge in [0.25, 0.3) is 0 Å². The fraction of sp³-hybridized carbons (Fsp3) is 0.250. The molecule has 0 aliphatic rings. The zero-order chi connectivity index (χ0) is 13.3. The van der Waals surface area contributed by atoms with Gasteiger partial charge in [-0.3, -0.25) is 0 Å². The lowest BCUT2D eigenvalue weighted by atomic mass is 10.2. The van der Waals surface area contributed by atoms with Crippen LogP contribution in [-0.4, -0.2) is 18.3 Å². The van der Waals surface area contributed by atoms with Gasteiger partial charge in [0.15, 0.2) is 0 Å². The number of benzene rings is 2. The van der Waals surface area contributed by atoms with E-state index in [1.165, 1.54) is 0 Å². The summed E-state index contributed by atoms with van der Waals surface area (Å²) in [5, 5.41) is 9.02. The van der Waals surface area contributed by atoms with E-state index in [0.717, 1.165) is 16.9 Å². The van der Waals surface area contributed by atoms with Crippen molar-refractivity contribution in [3.05, 3.63) is 65.7 Å². The van der Waals surface area contributed by atoms with Gasteiger partial charge in [-0.15, -0.1) is 0 Å². The van der Waals surface area contributed by atoms with Gasteiger partial charge in [-0.05, 0) is 23.3 Å². The quantitative estimate of drug-likeness (QED) is 0.776. The molecule has 2 aromatic carbocycles. The maximum atomic E-state index is 9.02. The van der Waals surface area contributed by atoms with Crippen LogP contribution in [0.5, 0.6) is 5.75 Å². The Balaban J connectivity index is 1.66. The van der Waals surface area contributed by atoms with E-state index in [2.05, 4.69) is 0 Å². The molecule has 0 saturated heterocycles. The summed E-state index contributed by atoms with van der Waals surface area (Å²) < 4.78 is 11.1. The molecule has 0 saturated carbocycles. The third kappa shape index (κ3) is 4.73. The van der Waals surface area contributed by atoms with Crippen LogP contribution in [0.3, 0.4) is 0 Å². The van der Waals surface area contributed by atoms with Gasteiger partial charge in [0.1, 0.15) is 12.4 Å². The second-order valence-corrected chi connectivity index (χ2v) is 4.19. The molecule has 0 bridgehead atoms. The molecule has 0 aromatic heterocycles. The summed E-state index contributed by atoms with van der Waals surface area (Å²) in [6, 6.07) is 17.5. The van der Waals surface area contributed by atoms with E-state index < -0.39 is 0 Å². The van der Waals surface area contributed by atoms with Gasteiger partial charge in [0, 0.05) is 0 Å². The molecule has 0 fully saturated rings. The number of hydrogen-bond acceptors (Lipinski definition) is 3. The first-order valence-corrected chi connectivity index (χ1v) is 6.33. The molecular weight excluding hydrogens is 240 g/mol. The first-order valence-electron chi connectivity index (χ1n) is 6.33. The van der Waals surface area contributed by atoms with Crippen molar-refractivity contribution in [1.29, 1.82) is 0 Å². The normalized spacial score (nSPS) is 10.4. The fourth-order valence-corrected chi connectivity index (χ4v) is 1.72. The molecule has 0 aliphatic carbocycles. The summed E-state index contributed by atoms with van der Waals surface area (Å²) in [5.74, 6) is 0.759. The van der Waals surface area contributed by atoms with Crippen molar-refractivity contribution >= 4 is 0 Å². The fourth-order valence-electron chi connectivity index (χ4n) is 1.72. The average Bonchev–Trinajstić information content (AvgIpc) is 2.48. The van der Waals surface area contributed by atoms with Gasteiger partial charge >= 0.3 is 0 Å². The number of rotatable bonds is 7. The SMILES string of the molecule is OCc1cccc(OCCOCc2ccccc2)c1. The highest BCUT2D eigenvalue weighted by Crippen LogP contribution is 2.13. The van der Waals surface area contributed by atoms with E-state index in [0.29, 0.717) is 19.8 Å². The van der Waals surface area contributed by atoms with Gasteiger partial charge in [-0.25, -0.2) is 0 Å².